The number of hydrogen-bond donors (Lipinski definition) is 1. The molecule has 1 saturated carbocycles. The SMILES string of the molecule is NC(=S)c1ccccc1-c1ccc(COCC2CC2)cc1. The molecule has 0 heterocycles. The summed E-state index contributed by atoms with van der Waals surface area (Å²) >= 11 is 5.12. The van der Waals surface area contributed by atoms with Gasteiger partial charge in [0.05, 0.1) is 6.61 Å². The molecule has 21 heavy (non-hydrogen) atoms. The molecule has 0 bridgehead atoms. The van der Waals surface area contributed by atoms with Gasteiger partial charge in [0.2, 0.25) is 0 Å². The molecule has 3 rings (SSSR count). The van der Waals surface area contributed by atoms with E-state index >= 15 is 0 Å². The quantitative estimate of drug-likeness (QED) is 0.821. The monoisotopic (exact) mass is 297 g/mol. The lowest BCUT2D eigenvalue weighted by molar-refractivity contribution is 0.111. The Morgan fingerprint density at radius 2 is 1.81 bits per heavy atom. The molecule has 2 N–H and O–H groups in total. The third-order valence-electron chi connectivity index (χ3n) is 3.78. The van der Waals surface area contributed by atoms with E-state index in [0.29, 0.717) is 11.6 Å². The van der Waals surface area contributed by atoms with Crippen molar-refractivity contribution in [2.24, 2.45) is 11.7 Å². The molecular weight excluding hydrogens is 278 g/mol. The summed E-state index contributed by atoms with van der Waals surface area (Å²) in [5, 5.41) is 0. The molecule has 2 nitrogen and oxygen atoms in total. The average molecular weight is 297 g/mol. The first-order valence-corrected chi connectivity index (χ1v) is 7.71. The molecule has 2 aromatic rings. The molecule has 0 aromatic heterocycles. The summed E-state index contributed by atoms with van der Waals surface area (Å²) in [7, 11) is 0. The maximum atomic E-state index is 5.79. The standard InChI is InChI=1S/C18H19NOS/c19-18(21)17-4-2-1-3-16(17)15-9-7-14(8-10-15)12-20-11-13-5-6-13/h1-4,7-10,13H,5-6,11-12H2,(H2,19,21). The van der Waals surface area contributed by atoms with Crippen LogP contribution in [0.5, 0.6) is 0 Å². The van der Waals surface area contributed by atoms with Gasteiger partial charge in [-0.15, -0.1) is 0 Å². The Bertz CT molecular complexity index is 632. The molecule has 0 aliphatic heterocycles. The molecule has 1 aliphatic rings. The van der Waals surface area contributed by atoms with Gasteiger partial charge in [0.1, 0.15) is 4.99 Å². The topological polar surface area (TPSA) is 35.2 Å². The molecular formula is C18H19NOS. The van der Waals surface area contributed by atoms with Gasteiger partial charge < -0.3 is 10.5 Å². The van der Waals surface area contributed by atoms with Crippen molar-refractivity contribution in [1.82, 2.24) is 0 Å². The molecule has 3 heteroatoms. The largest absolute Gasteiger partial charge is 0.389 e. The second kappa shape index (κ2) is 6.37. The fourth-order valence-corrected chi connectivity index (χ4v) is 2.54. The van der Waals surface area contributed by atoms with E-state index in [1.165, 1.54) is 18.4 Å². The third kappa shape index (κ3) is 3.69. The predicted molar refractivity (Wildman–Crippen MR) is 90.1 cm³/mol. The van der Waals surface area contributed by atoms with Gasteiger partial charge in [-0.1, -0.05) is 60.7 Å². The van der Waals surface area contributed by atoms with E-state index in [2.05, 4.69) is 24.3 Å². The molecule has 0 atom stereocenters. The zero-order valence-electron chi connectivity index (χ0n) is 11.9. The molecule has 0 unspecified atom stereocenters. The van der Waals surface area contributed by atoms with Crippen LogP contribution in [0.2, 0.25) is 0 Å². The second-order valence-electron chi connectivity index (χ2n) is 5.57. The van der Waals surface area contributed by atoms with Gasteiger partial charge in [0.15, 0.2) is 0 Å². The molecule has 0 radical (unpaired) electrons. The Kier molecular flexibility index (Phi) is 4.32. The number of nitrogens with two attached hydrogens (primary N) is 1. The minimum absolute atomic E-state index is 0.433. The highest BCUT2D eigenvalue weighted by atomic mass is 32.1. The van der Waals surface area contributed by atoms with E-state index in [9.17, 15) is 0 Å². The third-order valence-corrected chi connectivity index (χ3v) is 4.00. The van der Waals surface area contributed by atoms with Gasteiger partial charge >= 0.3 is 0 Å². The summed E-state index contributed by atoms with van der Waals surface area (Å²) in [5.74, 6) is 0.807. The fraction of sp³-hybridized carbons (Fsp3) is 0.278. The minimum Gasteiger partial charge on any atom is -0.389 e. The van der Waals surface area contributed by atoms with Gasteiger partial charge in [-0.25, -0.2) is 0 Å². The summed E-state index contributed by atoms with van der Waals surface area (Å²) in [4.78, 5) is 0.433. The highest BCUT2D eigenvalue weighted by molar-refractivity contribution is 7.80. The van der Waals surface area contributed by atoms with Crippen molar-refractivity contribution < 1.29 is 4.74 Å². The van der Waals surface area contributed by atoms with Gasteiger partial charge in [-0.3, -0.25) is 0 Å². The van der Waals surface area contributed by atoms with Crippen LogP contribution < -0.4 is 5.73 Å². The van der Waals surface area contributed by atoms with Crippen LogP contribution >= 0.6 is 12.2 Å². The van der Waals surface area contributed by atoms with Crippen LogP contribution in [-0.4, -0.2) is 11.6 Å². The highest BCUT2D eigenvalue weighted by Crippen LogP contribution is 2.29. The Hall–Kier alpha value is -1.71. The first kappa shape index (κ1) is 14.2. The number of hydrogen-bond acceptors (Lipinski definition) is 2. The molecule has 0 amide bonds. The number of benzene rings is 2. The van der Waals surface area contributed by atoms with E-state index < -0.39 is 0 Å². The lowest BCUT2D eigenvalue weighted by Gasteiger charge is -2.09. The molecule has 0 spiro atoms. The number of ether oxygens (including phenoxy) is 1. The van der Waals surface area contributed by atoms with Crippen molar-refractivity contribution in [1.29, 1.82) is 0 Å². The minimum atomic E-state index is 0.433. The van der Waals surface area contributed by atoms with Crippen LogP contribution in [0.3, 0.4) is 0 Å². The second-order valence-corrected chi connectivity index (χ2v) is 6.01. The van der Waals surface area contributed by atoms with Crippen molar-refractivity contribution in [3.8, 4) is 11.1 Å². The molecule has 1 aliphatic carbocycles. The number of thiocarbonyl (C=S) groups is 1. The Labute approximate surface area is 130 Å². The van der Waals surface area contributed by atoms with Crippen LogP contribution in [0, 0.1) is 5.92 Å². The molecule has 2 aromatic carbocycles. The lowest BCUT2D eigenvalue weighted by Crippen LogP contribution is -2.10. The average Bonchev–Trinajstić information content (AvgIpc) is 3.32. The fourth-order valence-electron chi connectivity index (χ4n) is 2.36. The van der Waals surface area contributed by atoms with Crippen molar-refractivity contribution in [3.63, 3.8) is 0 Å². The summed E-state index contributed by atoms with van der Waals surface area (Å²) in [5.41, 5.74) is 10.1. The summed E-state index contributed by atoms with van der Waals surface area (Å²) in [6.45, 7) is 1.58. The van der Waals surface area contributed by atoms with Gasteiger partial charge in [0.25, 0.3) is 0 Å². The van der Waals surface area contributed by atoms with E-state index in [0.717, 1.165) is 29.2 Å². The van der Waals surface area contributed by atoms with Crippen molar-refractivity contribution >= 4 is 17.2 Å². The molecule has 0 saturated heterocycles. The highest BCUT2D eigenvalue weighted by Gasteiger charge is 2.20. The van der Waals surface area contributed by atoms with Gasteiger partial charge in [0, 0.05) is 12.2 Å². The Balaban J connectivity index is 1.72. The number of rotatable bonds is 6. The van der Waals surface area contributed by atoms with E-state index in [-0.39, 0.29) is 0 Å². The summed E-state index contributed by atoms with van der Waals surface area (Å²) in [6.07, 6.45) is 2.66. The molecule has 108 valence electrons. The van der Waals surface area contributed by atoms with Crippen LogP contribution in [0.1, 0.15) is 24.0 Å². The lowest BCUT2D eigenvalue weighted by atomic mass is 9.99. The Morgan fingerprint density at radius 3 is 2.48 bits per heavy atom. The molecule has 1 fully saturated rings. The predicted octanol–water partition coefficient (Wildman–Crippen LogP) is 3.91. The first-order valence-electron chi connectivity index (χ1n) is 7.30. The van der Waals surface area contributed by atoms with E-state index in [1.807, 2.05) is 24.3 Å². The first-order chi connectivity index (χ1) is 10.2. The van der Waals surface area contributed by atoms with E-state index in [1.54, 1.807) is 0 Å². The van der Waals surface area contributed by atoms with Gasteiger partial charge in [-0.05, 0) is 35.4 Å². The van der Waals surface area contributed by atoms with E-state index in [4.69, 9.17) is 22.7 Å². The van der Waals surface area contributed by atoms with Crippen LogP contribution in [0.25, 0.3) is 11.1 Å². The zero-order chi connectivity index (χ0) is 14.7. The normalized spacial score (nSPS) is 14.1. The maximum absolute atomic E-state index is 5.79. The van der Waals surface area contributed by atoms with Crippen LogP contribution in [0.15, 0.2) is 48.5 Å². The smallest absolute Gasteiger partial charge is 0.104 e. The summed E-state index contributed by atoms with van der Waals surface area (Å²) < 4.78 is 5.71. The van der Waals surface area contributed by atoms with Crippen LogP contribution in [-0.2, 0) is 11.3 Å². The van der Waals surface area contributed by atoms with Gasteiger partial charge in [-0.2, -0.15) is 0 Å². The van der Waals surface area contributed by atoms with Crippen molar-refractivity contribution in [3.05, 3.63) is 59.7 Å². The zero-order valence-corrected chi connectivity index (χ0v) is 12.7. The summed E-state index contributed by atoms with van der Waals surface area (Å²) in [6, 6.07) is 16.4. The maximum Gasteiger partial charge on any atom is 0.104 e. The van der Waals surface area contributed by atoms with Crippen molar-refractivity contribution in [2.75, 3.05) is 6.61 Å². The van der Waals surface area contributed by atoms with Crippen molar-refractivity contribution in [2.45, 2.75) is 19.4 Å². The van der Waals surface area contributed by atoms with Crippen LogP contribution in [0.4, 0.5) is 0 Å². The Morgan fingerprint density at radius 1 is 1.10 bits per heavy atom.